The van der Waals surface area contributed by atoms with Crippen molar-refractivity contribution in [1.82, 2.24) is 29.4 Å². The third-order valence-electron chi connectivity index (χ3n) is 5.83. The number of fused-ring (bicyclic) bond motifs is 1. The Hall–Kier alpha value is -2.54. The van der Waals surface area contributed by atoms with Gasteiger partial charge in [0.1, 0.15) is 5.52 Å². The Morgan fingerprint density at radius 1 is 1.21 bits per heavy atom. The molecule has 4 heterocycles. The summed E-state index contributed by atoms with van der Waals surface area (Å²) >= 11 is 0. The van der Waals surface area contributed by atoms with E-state index < -0.39 is 0 Å². The van der Waals surface area contributed by atoms with E-state index in [-0.39, 0.29) is 0 Å². The van der Waals surface area contributed by atoms with Crippen LogP contribution in [0, 0.1) is 5.92 Å². The minimum absolute atomic E-state index is 0.369. The van der Waals surface area contributed by atoms with Crippen molar-refractivity contribution >= 4 is 17.0 Å². The lowest BCUT2D eigenvalue weighted by Gasteiger charge is -2.21. The Morgan fingerprint density at radius 2 is 2.07 bits per heavy atom. The number of anilines is 1. The number of rotatable bonds is 7. The van der Waals surface area contributed by atoms with Crippen LogP contribution in [0.25, 0.3) is 11.0 Å². The Balaban J connectivity index is 1.47. The zero-order chi connectivity index (χ0) is 20.4. The van der Waals surface area contributed by atoms with Crippen LogP contribution in [0.15, 0.2) is 30.9 Å². The van der Waals surface area contributed by atoms with Crippen molar-refractivity contribution in [2.75, 3.05) is 38.1 Å². The largest absolute Gasteiger partial charge is 0.344 e. The van der Waals surface area contributed by atoms with Crippen LogP contribution >= 0.6 is 0 Å². The summed E-state index contributed by atoms with van der Waals surface area (Å²) in [6.45, 7) is 11.1. The predicted molar refractivity (Wildman–Crippen MR) is 116 cm³/mol. The highest BCUT2D eigenvalue weighted by Gasteiger charge is 2.23. The maximum atomic E-state index is 4.81. The summed E-state index contributed by atoms with van der Waals surface area (Å²) < 4.78 is 2.18. The molecule has 0 saturated carbocycles. The summed E-state index contributed by atoms with van der Waals surface area (Å²) in [5.41, 5.74) is 4.05. The molecule has 1 fully saturated rings. The Bertz CT molecular complexity index is 965. The molecule has 154 valence electrons. The first-order valence-corrected chi connectivity index (χ1v) is 10.6. The molecule has 0 radical (unpaired) electrons. The predicted octanol–water partition coefficient (Wildman–Crippen LogP) is 3.17. The third-order valence-corrected chi connectivity index (χ3v) is 5.83. The topological polar surface area (TPSA) is 63.0 Å². The number of likely N-dealkylation sites (tertiary alicyclic amines) is 1. The van der Waals surface area contributed by atoms with Crippen LogP contribution in [0.5, 0.6) is 0 Å². The van der Waals surface area contributed by atoms with Crippen molar-refractivity contribution in [1.29, 1.82) is 0 Å². The standard InChI is InChI=1S/C22H31N7/c1-5-28-9-7-17(14-28)13-27(4)22-23-8-6-18(26-22)10-19-11-21-20(12-24-19)25-15-29(21)16(2)3/h6,8,11-12,15-17H,5,7,9-10,13-14H2,1-4H3. The second-order valence-corrected chi connectivity index (χ2v) is 8.36. The van der Waals surface area contributed by atoms with Crippen molar-refractivity contribution in [3.8, 4) is 0 Å². The number of aromatic nitrogens is 5. The van der Waals surface area contributed by atoms with E-state index in [4.69, 9.17) is 4.98 Å². The molecule has 1 atom stereocenters. The maximum Gasteiger partial charge on any atom is 0.225 e. The van der Waals surface area contributed by atoms with E-state index in [9.17, 15) is 0 Å². The smallest absolute Gasteiger partial charge is 0.225 e. The van der Waals surface area contributed by atoms with Gasteiger partial charge in [0.2, 0.25) is 5.95 Å². The average Bonchev–Trinajstić information content (AvgIpc) is 3.34. The SMILES string of the molecule is CCN1CCC(CN(C)c2nccc(Cc3cc4c(cn3)ncn4C(C)C)n2)C1. The number of nitrogens with zero attached hydrogens (tertiary/aromatic N) is 7. The van der Waals surface area contributed by atoms with E-state index in [0.717, 1.165) is 41.5 Å². The van der Waals surface area contributed by atoms with Crippen molar-refractivity contribution in [3.05, 3.63) is 42.2 Å². The fourth-order valence-electron chi connectivity index (χ4n) is 4.15. The van der Waals surface area contributed by atoms with Gasteiger partial charge in [-0.2, -0.15) is 0 Å². The van der Waals surface area contributed by atoms with Crippen LogP contribution in [0.2, 0.25) is 0 Å². The molecule has 0 aliphatic carbocycles. The zero-order valence-electron chi connectivity index (χ0n) is 17.9. The molecule has 1 aliphatic heterocycles. The summed E-state index contributed by atoms with van der Waals surface area (Å²) in [7, 11) is 2.10. The highest BCUT2D eigenvalue weighted by Crippen LogP contribution is 2.20. The van der Waals surface area contributed by atoms with Gasteiger partial charge in [-0.3, -0.25) is 4.98 Å². The fourth-order valence-corrected chi connectivity index (χ4v) is 4.15. The molecule has 29 heavy (non-hydrogen) atoms. The highest BCUT2D eigenvalue weighted by atomic mass is 15.2. The molecule has 4 rings (SSSR count). The Kier molecular flexibility index (Phi) is 5.76. The van der Waals surface area contributed by atoms with Crippen molar-refractivity contribution in [3.63, 3.8) is 0 Å². The fraction of sp³-hybridized carbons (Fsp3) is 0.545. The Labute approximate surface area is 172 Å². The Morgan fingerprint density at radius 3 is 2.83 bits per heavy atom. The van der Waals surface area contributed by atoms with Crippen LogP contribution in [0.4, 0.5) is 5.95 Å². The molecule has 0 bridgehead atoms. The zero-order valence-corrected chi connectivity index (χ0v) is 17.9. The average molecular weight is 394 g/mol. The van der Waals surface area contributed by atoms with Crippen LogP contribution < -0.4 is 4.90 Å². The number of pyridine rings is 1. The molecular formula is C22H31N7. The molecule has 7 heteroatoms. The van der Waals surface area contributed by atoms with Crippen LogP contribution in [-0.2, 0) is 6.42 Å². The summed E-state index contributed by atoms with van der Waals surface area (Å²) in [6, 6.07) is 4.48. The van der Waals surface area contributed by atoms with E-state index in [0.29, 0.717) is 18.4 Å². The molecular weight excluding hydrogens is 362 g/mol. The summed E-state index contributed by atoms with van der Waals surface area (Å²) in [5, 5.41) is 0. The molecule has 3 aromatic heterocycles. The van der Waals surface area contributed by atoms with Gasteiger partial charge in [0.25, 0.3) is 0 Å². The van der Waals surface area contributed by atoms with Crippen LogP contribution in [0.1, 0.15) is 44.6 Å². The van der Waals surface area contributed by atoms with E-state index in [1.165, 1.54) is 19.5 Å². The van der Waals surface area contributed by atoms with Crippen LogP contribution in [0.3, 0.4) is 0 Å². The first kappa shape index (κ1) is 19.8. The lowest BCUT2D eigenvalue weighted by molar-refractivity contribution is 0.343. The molecule has 3 aromatic rings. The number of imidazole rings is 1. The minimum atomic E-state index is 0.369. The lowest BCUT2D eigenvalue weighted by Crippen LogP contribution is -2.29. The second-order valence-electron chi connectivity index (χ2n) is 8.36. The quantitative estimate of drug-likeness (QED) is 0.614. The van der Waals surface area contributed by atoms with Crippen LogP contribution in [-0.4, -0.2) is 62.6 Å². The third kappa shape index (κ3) is 4.40. The van der Waals surface area contributed by atoms with Gasteiger partial charge in [0.05, 0.1) is 23.7 Å². The number of hydrogen-bond donors (Lipinski definition) is 0. The molecule has 1 aliphatic rings. The van der Waals surface area contributed by atoms with Gasteiger partial charge in [-0.05, 0) is 51.4 Å². The van der Waals surface area contributed by atoms with Gasteiger partial charge in [-0.15, -0.1) is 0 Å². The van der Waals surface area contributed by atoms with E-state index in [1.54, 1.807) is 0 Å². The molecule has 0 spiro atoms. The van der Waals surface area contributed by atoms with E-state index in [1.807, 2.05) is 24.8 Å². The molecule has 0 N–H and O–H groups in total. The molecule has 7 nitrogen and oxygen atoms in total. The van der Waals surface area contributed by atoms with Gasteiger partial charge >= 0.3 is 0 Å². The molecule has 1 saturated heterocycles. The lowest BCUT2D eigenvalue weighted by atomic mass is 10.1. The summed E-state index contributed by atoms with van der Waals surface area (Å²) in [5.74, 6) is 1.48. The van der Waals surface area contributed by atoms with Gasteiger partial charge < -0.3 is 14.4 Å². The summed E-state index contributed by atoms with van der Waals surface area (Å²) in [6.07, 6.45) is 7.55. The maximum absolute atomic E-state index is 4.81. The first-order valence-electron chi connectivity index (χ1n) is 10.6. The van der Waals surface area contributed by atoms with Gasteiger partial charge in [-0.25, -0.2) is 15.0 Å². The van der Waals surface area contributed by atoms with Crippen molar-refractivity contribution < 1.29 is 0 Å². The van der Waals surface area contributed by atoms with Crippen molar-refractivity contribution in [2.24, 2.45) is 5.92 Å². The normalized spacial score (nSPS) is 17.5. The van der Waals surface area contributed by atoms with Gasteiger partial charge in [0, 0.05) is 44.5 Å². The second kappa shape index (κ2) is 8.45. The summed E-state index contributed by atoms with van der Waals surface area (Å²) in [4.78, 5) is 23.1. The van der Waals surface area contributed by atoms with E-state index >= 15 is 0 Å². The molecule has 0 amide bonds. The molecule has 0 aromatic carbocycles. The van der Waals surface area contributed by atoms with Crippen molar-refractivity contribution in [2.45, 2.75) is 39.7 Å². The van der Waals surface area contributed by atoms with E-state index in [2.05, 4.69) is 63.2 Å². The highest BCUT2D eigenvalue weighted by molar-refractivity contribution is 5.74. The first-order chi connectivity index (χ1) is 14.0. The molecule has 1 unspecified atom stereocenters. The monoisotopic (exact) mass is 393 g/mol. The van der Waals surface area contributed by atoms with Gasteiger partial charge in [-0.1, -0.05) is 6.92 Å². The number of hydrogen-bond acceptors (Lipinski definition) is 6. The minimum Gasteiger partial charge on any atom is -0.344 e. The van der Waals surface area contributed by atoms with Gasteiger partial charge in [0.15, 0.2) is 0 Å².